The Morgan fingerprint density at radius 2 is 2.37 bits per heavy atom. The van der Waals surface area contributed by atoms with E-state index in [1.165, 1.54) is 0 Å². The summed E-state index contributed by atoms with van der Waals surface area (Å²) in [5.74, 6) is 2.02. The van der Waals surface area contributed by atoms with Crippen LogP contribution in [0, 0.1) is 5.92 Å². The van der Waals surface area contributed by atoms with Crippen molar-refractivity contribution in [3.8, 4) is 5.75 Å². The van der Waals surface area contributed by atoms with E-state index in [1.54, 1.807) is 0 Å². The van der Waals surface area contributed by atoms with E-state index >= 15 is 0 Å². The van der Waals surface area contributed by atoms with Crippen LogP contribution in [0.25, 0.3) is 0 Å². The van der Waals surface area contributed by atoms with Crippen molar-refractivity contribution in [2.45, 2.75) is 25.8 Å². The number of hydrogen-bond donors (Lipinski definition) is 0. The summed E-state index contributed by atoms with van der Waals surface area (Å²) in [6.45, 7) is 3.69. The van der Waals surface area contributed by atoms with Crippen molar-refractivity contribution in [3.63, 3.8) is 0 Å². The van der Waals surface area contributed by atoms with Crippen LogP contribution < -0.4 is 4.74 Å². The van der Waals surface area contributed by atoms with E-state index in [9.17, 15) is 4.79 Å². The molecule has 0 bridgehead atoms. The third-order valence-electron chi connectivity index (χ3n) is 4.24. The van der Waals surface area contributed by atoms with Crippen molar-refractivity contribution in [2.24, 2.45) is 5.92 Å². The highest BCUT2D eigenvalue weighted by molar-refractivity contribution is 6.18. The van der Waals surface area contributed by atoms with Crippen LogP contribution in [0.1, 0.15) is 29.3 Å². The number of nitrogens with zero attached hydrogens (tertiary/aromatic N) is 1. The predicted octanol–water partition coefficient (Wildman–Crippen LogP) is 2.71. The zero-order valence-corrected chi connectivity index (χ0v) is 11.8. The summed E-state index contributed by atoms with van der Waals surface area (Å²) in [4.78, 5) is 14.5. The third kappa shape index (κ3) is 2.20. The predicted molar refractivity (Wildman–Crippen MR) is 75.0 cm³/mol. The summed E-state index contributed by atoms with van der Waals surface area (Å²) in [5, 5.41) is 0. The van der Waals surface area contributed by atoms with Crippen LogP contribution in [-0.4, -0.2) is 35.9 Å². The molecule has 1 aromatic rings. The number of hydrogen-bond acceptors (Lipinski definition) is 2. The van der Waals surface area contributed by atoms with Crippen LogP contribution in [0.15, 0.2) is 18.2 Å². The van der Waals surface area contributed by atoms with E-state index in [0.717, 1.165) is 42.9 Å². The molecule has 102 valence electrons. The lowest BCUT2D eigenvalue weighted by molar-refractivity contribution is 0.0737. The molecule has 0 N–H and O–H groups in total. The van der Waals surface area contributed by atoms with Gasteiger partial charge in [-0.15, -0.1) is 11.6 Å². The largest absolute Gasteiger partial charge is 0.493 e. The molecule has 2 aliphatic heterocycles. The number of carbonyl (C=O) groups is 1. The summed E-state index contributed by atoms with van der Waals surface area (Å²) >= 11 is 6.01. The van der Waals surface area contributed by atoms with Gasteiger partial charge in [-0.05, 0) is 36.1 Å². The van der Waals surface area contributed by atoms with Crippen molar-refractivity contribution in [2.75, 3.05) is 19.0 Å². The minimum absolute atomic E-state index is 0.102. The maximum Gasteiger partial charge on any atom is 0.254 e. The number of ether oxygens (including phenoxy) is 1. The highest BCUT2D eigenvalue weighted by atomic mass is 35.5. The van der Waals surface area contributed by atoms with Gasteiger partial charge < -0.3 is 9.64 Å². The Morgan fingerprint density at radius 3 is 3.16 bits per heavy atom. The van der Waals surface area contributed by atoms with Gasteiger partial charge in [0.05, 0.1) is 6.61 Å². The highest BCUT2D eigenvalue weighted by Crippen LogP contribution is 2.29. The molecule has 0 aromatic heterocycles. The van der Waals surface area contributed by atoms with E-state index < -0.39 is 0 Å². The van der Waals surface area contributed by atoms with E-state index in [1.807, 2.05) is 23.1 Å². The number of rotatable bonds is 2. The number of carbonyl (C=O) groups excluding carboxylic acids is 1. The lowest BCUT2D eigenvalue weighted by Gasteiger charge is -2.25. The van der Waals surface area contributed by atoms with Crippen LogP contribution >= 0.6 is 11.6 Å². The molecule has 1 amide bonds. The Labute approximate surface area is 118 Å². The van der Waals surface area contributed by atoms with Crippen molar-refractivity contribution in [1.82, 2.24) is 4.90 Å². The second-order valence-corrected chi connectivity index (χ2v) is 5.72. The van der Waals surface area contributed by atoms with Crippen molar-refractivity contribution in [1.29, 1.82) is 0 Å². The summed E-state index contributed by atoms with van der Waals surface area (Å²) in [7, 11) is 0. The molecule has 0 aliphatic carbocycles. The Morgan fingerprint density at radius 1 is 1.53 bits per heavy atom. The molecule has 1 fully saturated rings. The third-order valence-corrected chi connectivity index (χ3v) is 4.55. The first-order valence-electron chi connectivity index (χ1n) is 6.83. The maximum absolute atomic E-state index is 12.6. The normalized spacial score (nSPS) is 25.3. The van der Waals surface area contributed by atoms with E-state index in [-0.39, 0.29) is 11.9 Å². The lowest BCUT2D eigenvalue weighted by Crippen LogP contribution is -2.38. The van der Waals surface area contributed by atoms with E-state index in [2.05, 4.69) is 6.92 Å². The smallest absolute Gasteiger partial charge is 0.254 e. The number of likely N-dealkylation sites (tertiary alicyclic amines) is 1. The molecular formula is C15H18ClNO2. The lowest BCUT2D eigenvalue weighted by atomic mass is 10.0. The first-order valence-corrected chi connectivity index (χ1v) is 7.37. The van der Waals surface area contributed by atoms with Crippen LogP contribution in [0.3, 0.4) is 0 Å². The molecule has 2 atom stereocenters. The Kier molecular flexibility index (Phi) is 3.40. The van der Waals surface area contributed by atoms with Gasteiger partial charge in [-0.25, -0.2) is 0 Å². The fraction of sp³-hybridized carbons (Fsp3) is 0.533. The van der Waals surface area contributed by atoms with Gasteiger partial charge in [-0.3, -0.25) is 4.79 Å². The topological polar surface area (TPSA) is 29.5 Å². The number of fused-ring (bicyclic) bond motifs is 1. The maximum atomic E-state index is 12.6. The average Bonchev–Trinajstić information content (AvgIpc) is 3.02. The summed E-state index contributed by atoms with van der Waals surface area (Å²) in [5.41, 5.74) is 1.90. The van der Waals surface area contributed by atoms with Gasteiger partial charge in [0.25, 0.3) is 5.91 Å². The van der Waals surface area contributed by atoms with Gasteiger partial charge in [-0.1, -0.05) is 6.92 Å². The first-order chi connectivity index (χ1) is 9.20. The van der Waals surface area contributed by atoms with Gasteiger partial charge in [-0.2, -0.15) is 0 Å². The molecule has 2 aliphatic rings. The van der Waals surface area contributed by atoms with Crippen LogP contribution in [0.4, 0.5) is 0 Å². The molecule has 0 radical (unpaired) electrons. The second-order valence-electron chi connectivity index (χ2n) is 5.41. The second kappa shape index (κ2) is 5.04. The zero-order chi connectivity index (χ0) is 13.4. The van der Waals surface area contributed by atoms with Crippen molar-refractivity contribution < 1.29 is 9.53 Å². The minimum atomic E-state index is 0.102. The molecule has 19 heavy (non-hydrogen) atoms. The standard InChI is InChI=1S/C15H18ClNO2/c1-10-4-6-17(13(10)9-16)15(18)12-2-3-14-11(8-12)5-7-19-14/h2-3,8,10,13H,4-7,9H2,1H3. The fourth-order valence-corrected chi connectivity index (χ4v) is 3.45. The van der Waals surface area contributed by atoms with Gasteiger partial charge in [0.2, 0.25) is 0 Å². The average molecular weight is 280 g/mol. The summed E-state index contributed by atoms with van der Waals surface area (Å²) in [6, 6.07) is 5.91. The van der Waals surface area contributed by atoms with E-state index in [4.69, 9.17) is 16.3 Å². The molecule has 2 heterocycles. The molecule has 2 unspecified atom stereocenters. The monoisotopic (exact) mass is 279 g/mol. The molecular weight excluding hydrogens is 262 g/mol. The summed E-state index contributed by atoms with van der Waals surface area (Å²) in [6.07, 6.45) is 1.93. The van der Waals surface area contributed by atoms with Crippen LogP contribution in [0.5, 0.6) is 5.75 Å². The number of halogens is 1. The molecule has 4 heteroatoms. The Balaban J connectivity index is 1.84. The molecule has 0 spiro atoms. The van der Waals surface area contributed by atoms with Gasteiger partial charge in [0.15, 0.2) is 0 Å². The molecule has 1 aromatic carbocycles. The summed E-state index contributed by atoms with van der Waals surface area (Å²) < 4.78 is 5.47. The molecule has 3 rings (SSSR count). The van der Waals surface area contributed by atoms with E-state index in [0.29, 0.717) is 11.8 Å². The van der Waals surface area contributed by atoms with Crippen molar-refractivity contribution in [3.05, 3.63) is 29.3 Å². The van der Waals surface area contributed by atoms with Gasteiger partial charge in [0.1, 0.15) is 5.75 Å². The van der Waals surface area contributed by atoms with Crippen LogP contribution in [0.2, 0.25) is 0 Å². The fourth-order valence-electron chi connectivity index (χ4n) is 2.98. The van der Waals surface area contributed by atoms with Crippen LogP contribution in [-0.2, 0) is 6.42 Å². The SMILES string of the molecule is CC1CCN(C(=O)c2ccc3c(c2)CCO3)C1CCl. The number of benzene rings is 1. The minimum Gasteiger partial charge on any atom is -0.493 e. The first kappa shape index (κ1) is 12.8. The van der Waals surface area contributed by atoms with Gasteiger partial charge in [0, 0.05) is 30.5 Å². The number of alkyl halides is 1. The Hall–Kier alpha value is -1.22. The molecule has 0 saturated carbocycles. The van der Waals surface area contributed by atoms with Crippen molar-refractivity contribution >= 4 is 17.5 Å². The zero-order valence-electron chi connectivity index (χ0n) is 11.1. The van der Waals surface area contributed by atoms with Gasteiger partial charge >= 0.3 is 0 Å². The number of amides is 1. The Bertz CT molecular complexity index is 503. The molecule has 1 saturated heterocycles. The highest BCUT2D eigenvalue weighted by Gasteiger charge is 2.34. The molecule has 3 nitrogen and oxygen atoms in total. The quantitative estimate of drug-likeness (QED) is 0.779.